The minimum absolute atomic E-state index is 0.108. The highest BCUT2D eigenvalue weighted by Gasteiger charge is 2.35. The second-order valence-corrected chi connectivity index (χ2v) is 4.97. The summed E-state index contributed by atoms with van der Waals surface area (Å²) in [6.07, 6.45) is 0. The van der Waals surface area contributed by atoms with Crippen molar-refractivity contribution in [3.63, 3.8) is 0 Å². The van der Waals surface area contributed by atoms with Crippen molar-refractivity contribution in [1.82, 2.24) is 0 Å². The molecule has 0 heterocycles. The van der Waals surface area contributed by atoms with Crippen LogP contribution in [-0.2, 0) is 10.3 Å². The van der Waals surface area contributed by atoms with Gasteiger partial charge in [0.25, 0.3) is 0 Å². The first-order valence-electron chi connectivity index (χ1n) is 6.29. The Hall–Kier alpha value is -2.49. The molecule has 0 aliphatic heterocycles. The highest BCUT2D eigenvalue weighted by atomic mass is 16.4. The molecule has 104 valence electrons. The molecule has 0 saturated heterocycles. The predicted octanol–water partition coefficient (Wildman–Crippen LogP) is 3.11. The number of phenols is 1. The molecule has 1 atom stereocenters. The number of hydrogen-bond acceptors (Lipinski definition) is 3. The van der Waals surface area contributed by atoms with Crippen LogP contribution in [0.15, 0.2) is 48.5 Å². The first-order valence-corrected chi connectivity index (χ1v) is 6.29. The highest BCUT2D eigenvalue weighted by Crippen LogP contribution is 2.28. The third-order valence-electron chi connectivity index (χ3n) is 3.32. The van der Waals surface area contributed by atoms with Gasteiger partial charge in [0.05, 0.1) is 0 Å². The Kier molecular flexibility index (Phi) is 3.66. The third kappa shape index (κ3) is 2.74. The van der Waals surface area contributed by atoms with Crippen LogP contribution in [0.4, 0.5) is 5.69 Å². The van der Waals surface area contributed by atoms with Gasteiger partial charge in [-0.25, -0.2) is 4.79 Å². The predicted molar refractivity (Wildman–Crippen MR) is 77.9 cm³/mol. The van der Waals surface area contributed by atoms with Gasteiger partial charge in [-0.2, -0.15) is 0 Å². The lowest BCUT2D eigenvalue weighted by molar-refractivity contribution is -0.142. The Balaban J connectivity index is 2.37. The lowest BCUT2D eigenvalue weighted by atomic mass is 9.91. The third-order valence-corrected chi connectivity index (χ3v) is 3.32. The Labute approximate surface area is 117 Å². The number of rotatable bonds is 4. The van der Waals surface area contributed by atoms with Gasteiger partial charge in [-0.05, 0) is 43.7 Å². The Bertz CT molecular complexity index is 605. The van der Waals surface area contributed by atoms with E-state index in [2.05, 4.69) is 5.32 Å². The van der Waals surface area contributed by atoms with E-state index in [1.165, 1.54) is 12.1 Å². The van der Waals surface area contributed by atoms with Crippen LogP contribution in [0.1, 0.15) is 18.1 Å². The number of aryl methyl sites for hydroxylation is 1. The van der Waals surface area contributed by atoms with Gasteiger partial charge >= 0.3 is 5.97 Å². The zero-order valence-corrected chi connectivity index (χ0v) is 11.4. The summed E-state index contributed by atoms with van der Waals surface area (Å²) in [5, 5.41) is 21.9. The molecule has 2 rings (SSSR count). The molecule has 0 spiro atoms. The van der Waals surface area contributed by atoms with E-state index in [4.69, 9.17) is 0 Å². The fourth-order valence-corrected chi connectivity index (χ4v) is 1.97. The molecule has 0 aliphatic rings. The monoisotopic (exact) mass is 271 g/mol. The van der Waals surface area contributed by atoms with Crippen molar-refractivity contribution in [2.24, 2.45) is 0 Å². The van der Waals surface area contributed by atoms with Crippen LogP contribution in [0.25, 0.3) is 0 Å². The fourth-order valence-electron chi connectivity index (χ4n) is 1.97. The van der Waals surface area contributed by atoms with Gasteiger partial charge in [0.2, 0.25) is 0 Å². The largest absolute Gasteiger partial charge is 0.508 e. The van der Waals surface area contributed by atoms with Crippen LogP contribution in [0, 0.1) is 6.92 Å². The molecule has 4 nitrogen and oxygen atoms in total. The van der Waals surface area contributed by atoms with Gasteiger partial charge in [-0.3, -0.25) is 0 Å². The smallest absolute Gasteiger partial charge is 0.333 e. The average Bonchev–Trinajstić information content (AvgIpc) is 2.42. The number of carbonyl (C=O) groups is 1. The summed E-state index contributed by atoms with van der Waals surface area (Å²) in [4.78, 5) is 11.7. The minimum atomic E-state index is -1.26. The maximum Gasteiger partial charge on any atom is 0.333 e. The zero-order chi connectivity index (χ0) is 14.8. The lowest BCUT2D eigenvalue weighted by Crippen LogP contribution is -2.40. The SMILES string of the molecule is Cc1ccc(NC(C)(C(=O)O)c2ccc(O)cc2)cc1. The number of nitrogens with one attached hydrogen (secondary N) is 1. The highest BCUT2D eigenvalue weighted by molar-refractivity contribution is 5.84. The molecule has 0 fully saturated rings. The number of carboxylic acids is 1. The molecule has 3 N–H and O–H groups in total. The summed E-state index contributed by atoms with van der Waals surface area (Å²) in [7, 11) is 0. The molecular weight excluding hydrogens is 254 g/mol. The molecule has 0 bridgehead atoms. The molecule has 0 saturated carbocycles. The van der Waals surface area contributed by atoms with Crippen molar-refractivity contribution < 1.29 is 15.0 Å². The number of phenolic OH excluding ortho intramolecular Hbond substituents is 1. The lowest BCUT2D eigenvalue weighted by Gasteiger charge is -2.28. The molecule has 0 aromatic heterocycles. The summed E-state index contributed by atoms with van der Waals surface area (Å²) in [6.45, 7) is 3.57. The van der Waals surface area contributed by atoms with E-state index in [-0.39, 0.29) is 5.75 Å². The molecule has 1 unspecified atom stereocenters. The number of aromatic hydroxyl groups is 1. The summed E-state index contributed by atoms with van der Waals surface area (Å²) < 4.78 is 0. The van der Waals surface area contributed by atoms with Crippen LogP contribution in [0.2, 0.25) is 0 Å². The van der Waals surface area contributed by atoms with E-state index in [1.54, 1.807) is 19.1 Å². The van der Waals surface area contributed by atoms with E-state index < -0.39 is 11.5 Å². The maximum atomic E-state index is 11.7. The number of aliphatic carboxylic acids is 1. The molecule has 0 radical (unpaired) electrons. The summed E-state index contributed by atoms with van der Waals surface area (Å²) >= 11 is 0. The van der Waals surface area contributed by atoms with Gasteiger partial charge in [0.15, 0.2) is 5.54 Å². The van der Waals surface area contributed by atoms with E-state index in [0.717, 1.165) is 11.3 Å². The average molecular weight is 271 g/mol. The van der Waals surface area contributed by atoms with Crippen molar-refractivity contribution in [2.75, 3.05) is 5.32 Å². The molecule has 20 heavy (non-hydrogen) atoms. The first kappa shape index (κ1) is 13.9. The molecule has 0 amide bonds. The quantitative estimate of drug-likeness (QED) is 0.799. The number of carboxylic acid groups (broad SMARTS) is 1. The van der Waals surface area contributed by atoms with Crippen molar-refractivity contribution in [1.29, 1.82) is 0 Å². The van der Waals surface area contributed by atoms with Crippen LogP contribution in [-0.4, -0.2) is 16.2 Å². The van der Waals surface area contributed by atoms with Gasteiger partial charge in [0.1, 0.15) is 5.75 Å². The second kappa shape index (κ2) is 5.25. The minimum Gasteiger partial charge on any atom is -0.508 e. The molecule has 4 heteroatoms. The van der Waals surface area contributed by atoms with Gasteiger partial charge in [0, 0.05) is 5.69 Å². The van der Waals surface area contributed by atoms with Gasteiger partial charge < -0.3 is 15.5 Å². The fraction of sp³-hybridized carbons (Fsp3) is 0.188. The number of hydrogen-bond donors (Lipinski definition) is 3. The summed E-state index contributed by atoms with van der Waals surface area (Å²) in [5.41, 5.74) is 1.15. The summed E-state index contributed by atoms with van der Waals surface area (Å²) in [5.74, 6) is -0.874. The molecule has 2 aromatic carbocycles. The van der Waals surface area contributed by atoms with E-state index in [1.807, 2.05) is 31.2 Å². The van der Waals surface area contributed by atoms with Crippen molar-refractivity contribution >= 4 is 11.7 Å². The summed E-state index contributed by atoms with van der Waals surface area (Å²) in [6, 6.07) is 13.7. The standard InChI is InChI=1S/C16H17NO3/c1-11-3-7-13(8-4-11)17-16(2,15(19)20)12-5-9-14(18)10-6-12/h3-10,17-18H,1-2H3,(H,19,20). The van der Waals surface area contributed by atoms with Crippen molar-refractivity contribution in [3.05, 3.63) is 59.7 Å². The van der Waals surface area contributed by atoms with E-state index in [0.29, 0.717) is 5.56 Å². The van der Waals surface area contributed by atoms with E-state index >= 15 is 0 Å². The van der Waals surface area contributed by atoms with Crippen LogP contribution < -0.4 is 5.32 Å². The molecular formula is C16H17NO3. The molecule has 0 aliphatic carbocycles. The number of benzene rings is 2. The van der Waals surface area contributed by atoms with Crippen LogP contribution >= 0.6 is 0 Å². The Morgan fingerprint density at radius 1 is 1.05 bits per heavy atom. The van der Waals surface area contributed by atoms with Crippen molar-refractivity contribution in [3.8, 4) is 5.75 Å². The Morgan fingerprint density at radius 3 is 2.10 bits per heavy atom. The second-order valence-electron chi connectivity index (χ2n) is 4.97. The molecule has 2 aromatic rings. The van der Waals surface area contributed by atoms with E-state index in [9.17, 15) is 15.0 Å². The van der Waals surface area contributed by atoms with Gasteiger partial charge in [-0.15, -0.1) is 0 Å². The topological polar surface area (TPSA) is 69.6 Å². The van der Waals surface area contributed by atoms with Crippen molar-refractivity contribution in [2.45, 2.75) is 19.4 Å². The van der Waals surface area contributed by atoms with Gasteiger partial charge in [-0.1, -0.05) is 29.8 Å². The number of anilines is 1. The maximum absolute atomic E-state index is 11.7. The first-order chi connectivity index (χ1) is 9.41. The zero-order valence-electron chi connectivity index (χ0n) is 11.4. The van der Waals surface area contributed by atoms with Crippen LogP contribution in [0.3, 0.4) is 0 Å². The Morgan fingerprint density at radius 2 is 1.60 bits per heavy atom. The van der Waals surface area contributed by atoms with Crippen LogP contribution in [0.5, 0.6) is 5.75 Å². The normalized spacial score (nSPS) is 13.5.